The van der Waals surface area contributed by atoms with Crippen LogP contribution in [0.25, 0.3) is 11.3 Å². The largest absolute Gasteiger partial charge is 0.497 e. The molecule has 2 heterocycles. The predicted molar refractivity (Wildman–Crippen MR) is 155 cm³/mol. The van der Waals surface area contributed by atoms with Crippen molar-refractivity contribution in [3.05, 3.63) is 106 Å². The summed E-state index contributed by atoms with van der Waals surface area (Å²) in [5, 5.41) is 30.4. The van der Waals surface area contributed by atoms with Crippen LogP contribution in [0.15, 0.2) is 94.4 Å². The van der Waals surface area contributed by atoms with Crippen LogP contribution in [0.4, 0.5) is 34.9 Å². The third-order valence-electron chi connectivity index (χ3n) is 5.69. The van der Waals surface area contributed by atoms with Crippen LogP contribution in [0.5, 0.6) is 5.75 Å². The van der Waals surface area contributed by atoms with E-state index in [-0.39, 0.29) is 29.1 Å². The van der Waals surface area contributed by atoms with Crippen molar-refractivity contribution < 1.29 is 24.0 Å². The Balaban J connectivity index is 1.35. The number of aromatic nitrogens is 3. The number of aromatic carboxylic acids is 1. The van der Waals surface area contributed by atoms with Crippen molar-refractivity contribution in [1.82, 2.24) is 15.0 Å². The quantitative estimate of drug-likeness (QED) is 0.0870. The number of carbonyl (C=O) groups is 1. The smallest absolute Gasteiger partial charge is 0.335 e. The normalized spacial score (nSPS) is 10.8. The van der Waals surface area contributed by atoms with Crippen molar-refractivity contribution in [2.45, 2.75) is 0 Å². The van der Waals surface area contributed by atoms with Crippen LogP contribution in [-0.4, -0.2) is 44.3 Å². The van der Waals surface area contributed by atoms with Gasteiger partial charge < -0.3 is 24.9 Å². The Morgan fingerprint density at radius 3 is 2.19 bits per heavy atom. The Morgan fingerprint density at radius 1 is 0.929 bits per heavy atom. The summed E-state index contributed by atoms with van der Waals surface area (Å²) in [6, 6.07) is 22.7. The third kappa shape index (κ3) is 6.81. The lowest BCUT2D eigenvalue weighted by Gasteiger charge is -2.10. The minimum atomic E-state index is -1.03. The first-order valence-corrected chi connectivity index (χ1v) is 12.3. The molecule has 2 aromatic heterocycles. The maximum Gasteiger partial charge on any atom is 0.335 e. The number of nitro benzene ring substituents is 1. The molecule has 0 spiro atoms. The summed E-state index contributed by atoms with van der Waals surface area (Å²) in [5.41, 5.74) is 4.65. The third-order valence-corrected chi connectivity index (χ3v) is 5.69. The molecular formula is C28H22N8O6. The van der Waals surface area contributed by atoms with Gasteiger partial charge in [-0.25, -0.2) is 10.2 Å². The molecule has 4 N–H and O–H groups in total. The zero-order chi connectivity index (χ0) is 29.5. The molecule has 0 aliphatic carbocycles. The summed E-state index contributed by atoms with van der Waals surface area (Å²) in [4.78, 5) is 34.8. The lowest BCUT2D eigenvalue weighted by atomic mass is 10.1. The van der Waals surface area contributed by atoms with Crippen molar-refractivity contribution in [2.24, 2.45) is 5.10 Å². The first kappa shape index (κ1) is 27.3. The zero-order valence-electron chi connectivity index (χ0n) is 21.9. The highest BCUT2D eigenvalue weighted by atomic mass is 16.6. The predicted octanol–water partition coefficient (Wildman–Crippen LogP) is 5.68. The maximum atomic E-state index is 11.3. The van der Waals surface area contributed by atoms with Crippen molar-refractivity contribution in [3.8, 4) is 17.1 Å². The molecule has 42 heavy (non-hydrogen) atoms. The van der Waals surface area contributed by atoms with E-state index in [2.05, 4.69) is 36.1 Å². The summed E-state index contributed by atoms with van der Waals surface area (Å²) in [5.74, 6) is 0.942. The van der Waals surface area contributed by atoms with E-state index in [4.69, 9.17) is 9.15 Å². The van der Waals surface area contributed by atoms with Gasteiger partial charge in [0.2, 0.25) is 17.8 Å². The number of hydrogen-bond acceptors (Lipinski definition) is 12. The van der Waals surface area contributed by atoms with Gasteiger partial charge >= 0.3 is 5.97 Å². The molecule has 0 saturated heterocycles. The van der Waals surface area contributed by atoms with Gasteiger partial charge in [0.05, 0.1) is 23.8 Å². The van der Waals surface area contributed by atoms with E-state index < -0.39 is 10.9 Å². The lowest BCUT2D eigenvalue weighted by Crippen LogP contribution is -2.07. The molecular weight excluding hydrogens is 544 g/mol. The number of hydrogen-bond donors (Lipinski definition) is 4. The Hall–Kier alpha value is -6.31. The molecule has 0 aliphatic rings. The van der Waals surface area contributed by atoms with Gasteiger partial charge in [-0.2, -0.15) is 20.1 Å². The fourth-order valence-electron chi connectivity index (χ4n) is 3.67. The van der Waals surface area contributed by atoms with Crippen molar-refractivity contribution in [1.29, 1.82) is 0 Å². The van der Waals surface area contributed by atoms with Gasteiger partial charge in [-0.15, -0.1) is 0 Å². The van der Waals surface area contributed by atoms with Gasteiger partial charge in [0.15, 0.2) is 0 Å². The molecule has 210 valence electrons. The van der Waals surface area contributed by atoms with Gasteiger partial charge in [0, 0.05) is 29.1 Å². The van der Waals surface area contributed by atoms with Crippen molar-refractivity contribution in [2.75, 3.05) is 23.2 Å². The van der Waals surface area contributed by atoms with Gasteiger partial charge in [0.25, 0.3) is 5.69 Å². The Kier molecular flexibility index (Phi) is 7.95. The molecule has 0 bridgehead atoms. The molecule has 0 unspecified atom stereocenters. The zero-order valence-corrected chi connectivity index (χ0v) is 21.9. The van der Waals surface area contributed by atoms with Crippen LogP contribution in [0.2, 0.25) is 0 Å². The highest BCUT2D eigenvalue weighted by Crippen LogP contribution is 2.24. The average molecular weight is 567 g/mol. The minimum absolute atomic E-state index is 0.0505. The number of nitrogens with zero attached hydrogens (tertiary/aromatic N) is 5. The molecule has 0 saturated carbocycles. The number of nitrogens with one attached hydrogen (secondary N) is 3. The molecule has 3 aromatic carbocycles. The SMILES string of the molecule is COc1ccc(Nc2nc(N/N=C/c3ccc(-c4cccc(C(=O)O)c4)o3)nc(Nc3ccc([N+](=O)[O-])cc3)n2)cc1. The van der Waals surface area contributed by atoms with Crippen LogP contribution in [0.1, 0.15) is 16.1 Å². The van der Waals surface area contributed by atoms with E-state index in [0.717, 1.165) is 0 Å². The second-order valence-corrected chi connectivity index (χ2v) is 8.55. The molecule has 5 rings (SSSR count). The summed E-state index contributed by atoms with van der Waals surface area (Å²) in [6.07, 6.45) is 1.41. The number of furan rings is 1. The van der Waals surface area contributed by atoms with Gasteiger partial charge in [0.1, 0.15) is 17.3 Å². The summed E-state index contributed by atoms with van der Waals surface area (Å²) in [7, 11) is 1.57. The molecule has 0 atom stereocenters. The highest BCUT2D eigenvalue weighted by molar-refractivity contribution is 5.89. The second-order valence-electron chi connectivity index (χ2n) is 8.55. The maximum absolute atomic E-state index is 11.3. The average Bonchev–Trinajstić information content (AvgIpc) is 3.47. The fourth-order valence-corrected chi connectivity index (χ4v) is 3.67. The van der Waals surface area contributed by atoms with Crippen molar-refractivity contribution >= 4 is 47.1 Å². The van der Waals surface area contributed by atoms with Crippen LogP contribution in [-0.2, 0) is 0 Å². The van der Waals surface area contributed by atoms with E-state index in [9.17, 15) is 20.0 Å². The van der Waals surface area contributed by atoms with Crippen LogP contribution >= 0.6 is 0 Å². The summed E-state index contributed by atoms with van der Waals surface area (Å²) in [6.45, 7) is 0. The highest BCUT2D eigenvalue weighted by Gasteiger charge is 2.11. The van der Waals surface area contributed by atoms with E-state index in [0.29, 0.717) is 34.2 Å². The second kappa shape index (κ2) is 12.3. The fraction of sp³-hybridized carbons (Fsp3) is 0.0357. The van der Waals surface area contributed by atoms with Gasteiger partial charge in [-0.05, 0) is 60.7 Å². The first-order valence-electron chi connectivity index (χ1n) is 12.3. The number of methoxy groups -OCH3 is 1. The number of hydrazone groups is 1. The summed E-state index contributed by atoms with van der Waals surface area (Å²) >= 11 is 0. The Labute approximate surface area is 237 Å². The number of nitro groups is 1. The number of carboxylic acids is 1. The molecule has 0 fully saturated rings. The number of non-ortho nitro benzene ring substituents is 1. The standard InChI is InChI=1S/C28H22N8O6/c1-41-22-11-7-20(8-12-22)31-27-32-26(30-19-5-9-21(10-6-19)36(39)40)33-28(34-27)35-29-16-23-13-14-24(42-23)17-3-2-4-18(15-17)25(37)38/h2-16H,1H3,(H,37,38)(H3,30,31,32,33,34,35)/b29-16+. The number of rotatable bonds is 11. The van der Waals surface area contributed by atoms with Crippen LogP contribution < -0.4 is 20.8 Å². The molecule has 14 heteroatoms. The first-order chi connectivity index (χ1) is 20.4. The molecule has 0 aliphatic heterocycles. The van der Waals surface area contributed by atoms with Crippen LogP contribution in [0.3, 0.4) is 0 Å². The van der Waals surface area contributed by atoms with Crippen LogP contribution in [0, 0.1) is 10.1 Å². The van der Waals surface area contributed by atoms with E-state index in [1.807, 2.05) is 0 Å². The molecule has 5 aromatic rings. The minimum Gasteiger partial charge on any atom is -0.497 e. The van der Waals surface area contributed by atoms with E-state index in [1.165, 1.54) is 42.6 Å². The van der Waals surface area contributed by atoms with E-state index >= 15 is 0 Å². The lowest BCUT2D eigenvalue weighted by molar-refractivity contribution is -0.384. The topological polar surface area (TPSA) is 190 Å². The van der Waals surface area contributed by atoms with E-state index in [1.54, 1.807) is 55.6 Å². The summed E-state index contributed by atoms with van der Waals surface area (Å²) < 4.78 is 11.0. The Morgan fingerprint density at radius 2 is 1.57 bits per heavy atom. The molecule has 0 amide bonds. The molecule has 0 radical (unpaired) electrons. The number of carboxylic acid groups (broad SMARTS) is 1. The van der Waals surface area contributed by atoms with Gasteiger partial charge in [-0.1, -0.05) is 12.1 Å². The Bertz CT molecular complexity index is 1750. The monoisotopic (exact) mass is 566 g/mol. The van der Waals surface area contributed by atoms with Crippen molar-refractivity contribution in [3.63, 3.8) is 0 Å². The molecule has 14 nitrogen and oxygen atoms in total. The number of benzene rings is 3. The number of ether oxygens (including phenoxy) is 1. The number of anilines is 5. The van der Waals surface area contributed by atoms with Gasteiger partial charge in [-0.3, -0.25) is 10.1 Å².